The van der Waals surface area contributed by atoms with E-state index in [9.17, 15) is 4.79 Å². The molecule has 5 heteroatoms. The molecule has 0 aliphatic heterocycles. The second-order valence-corrected chi connectivity index (χ2v) is 5.66. The number of hydrogen-bond acceptors (Lipinski definition) is 3. The number of aryl methyl sites for hydroxylation is 1. The standard InChI is InChI=1S/C17H11ClN2O2/c1-10-2-5-16-19-14(9-20(16)8-10)13-7-11-6-12(18)3-4-15(11)22-17(13)21/h2-9H,1H3. The van der Waals surface area contributed by atoms with Gasteiger partial charge < -0.3 is 8.82 Å². The maximum atomic E-state index is 12.2. The van der Waals surface area contributed by atoms with Crippen LogP contribution in [0.4, 0.5) is 0 Å². The third-order valence-corrected chi connectivity index (χ3v) is 3.80. The maximum Gasteiger partial charge on any atom is 0.345 e. The van der Waals surface area contributed by atoms with Crippen molar-refractivity contribution in [2.24, 2.45) is 0 Å². The van der Waals surface area contributed by atoms with Crippen molar-refractivity contribution >= 4 is 28.2 Å². The van der Waals surface area contributed by atoms with Gasteiger partial charge in [-0.15, -0.1) is 0 Å². The van der Waals surface area contributed by atoms with Gasteiger partial charge in [-0.1, -0.05) is 17.7 Å². The number of pyridine rings is 1. The third-order valence-electron chi connectivity index (χ3n) is 3.57. The zero-order valence-corrected chi connectivity index (χ0v) is 12.5. The third kappa shape index (κ3) is 2.09. The fraction of sp³-hybridized carbons (Fsp3) is 0.0588. The molecule has 0 aliphatic rings. The minimum Gasteiger partial charge on any atom is -0.422 e. The summed E-state index contributed by atoms with van der Waals surface area (Å²) < 4.78 is 7.25. The topological polar surface area (TPSA) is 47.5 Å². The van der Waals surface area contributed by atoms with Crippen molar-refractivity contribution in [2.45, 2.75) is 6.92 Å². The lowest BCUT2D eigenvalue weighted by Gasteiger charge is -2.00. The van der Waals surface area contributed by atoms with Crippen molar-refractivity contribution in [3.63, 3.8) is 0 Å². The molecular formula is C17H11ClN2O2. The molecule has 3 heterocycles. The van der Waals surface area contributed by atoms with Gasteiger partial charge in [0.05, 0.1) is 11.3 Å². The van der Waals surface area contributed by atoms with Crippen LogP contribution >= 0.6 is 11.6 Å². The summed E-state index contributed by atoms with van der Waals surface area (Å²) in [5.41, 5.74) is 3.02. The van der Waals surface area contributed by atoms with Crippen LogP contribution in [0.25, 0.3) is 27.9 Å². The summed E-state index contributed by atoms with van der Waals surface area (Å²) in [7, 11) is 0. The molecule has 4 nitrogen and oxygen atoms in total. The van der Waals surface area contributed by atoms with Crippen molar-refractivity contribution in [1.29, 1.82) is 0 Å². The molecule has 3 aromatic heterocycles. The minimum atomic E-state index is -0.407. The van der Waals surface area contributed by atoms with E-state index in [0.717, 1.165) is 16.6 Å². The molecule has 0 atom stereocenters. The largest absolute Gasteiger partial charge is 0.422 e. The Morgan fingerprint density at radius 1 is 1.14 bits per heavy atom. The Balaban J connectivity index is 1.98. The summed E-state index contributed by atoms with van der Waals surface area (Å²) in [6, 6.07) is 10.8. The Hall–Kier alpha value is -2.59. The van der Waals surface area contributed by atoms with E-state index in [4.69, 9.17) is 16.0 Å². The van der Waals surface area contributed by atoms with Crippen molar-refractivity contribution < 1.29 is 4.42 Å². The van der Waals surface area contributed by atoms with Crippen LogP contribution in [0.2, 0.25) is 5.02 Å². The zero-order valence-electron chi connectivity index (χ0n) is 11.7. The van der Waals surface area contributed by atoms with Gasteiger partial charge in [-0.25, -0.2) is 9.78 Å². The first-order chi connectivity index (χ1) is 10.6. The van der Waals surface area contributed by atoms with Gasteiger partial charge in [0.1, 0.15) is 11.2 Å². The van der Waals surface area contributed by atoms with E-state index in [1.54, 1.807) is 24.3 Å². The molecule has 0 unspecified atom stereocenters. The highest BCUT2D eigenvalue weighted by Gasteiger charge is 2.12. The van der Waals surface area contributed by atoms with Crippen LogP contribution in [0.3, 0.4) is 0 Å². The molecule has 0 bridgehead atoms. The number of halogens is 1. The van der Waals surface area contributed by atoms with Crippen LogP contribution in [0.15, 0.2) is 58.0 Å². The highest BCUT2D eigenvalue weighted by Crippen LogP contribution is 2.23. The summed E-state index contributed by atoms with van der Waals surface area (Å²) in [6.45, 7) is 2.01. The van der Waals surface area contributed by atoms with E-state index in [2.05, 4.69) is 4.98 Å². The number of hydrogen-bond donors (Lipinski definition) is 0. The number of fused-ring (bicyclic) bond motifs is 2. The second kappa shape index (κ2) is 4.71. The molecule has 108 valence electrons. The Morgan fingerprint density at radius 3 is 2.86 bits per heavy atom. The summed E-state index contributed by atoms with van der Waals surface area (Å²) in [6.07, 6.45) is 3.79. The normalized spacial score (nSPS) is 11.4. The number of aromatic nitrogens is 2. The van der Waals surface area contributed by atoms with Crippen molar-refractivity contribution in [1.82, 2.24) is 9.38 Å². The van der Waals surface area contributed by atoms with E-state index < -0.39 is 5.63 Å². The molecule has 0 saturated carbocycles. The second-order valence-electron chi connectivity index (χ2n) is 5.23. The van der Waals surface area contributed by atoms with Crippen LogP contribution in [-0.4, -0.2) is 9.38 Å². The molecule has 0 radical (unpaired) electrons. The average Bonchev–Trinajstić information content (AvgIpc) is 2.89. The van der Waals surface area contributed by atoms with E-state index in [1.165, 1.54) is 0 Å². The van der Waals surface area contributed by atoms with E-state index >= 15 is 0 Å². The van der Waals surface area contributed by atoms with Crippen molar-refractivity contribution in [3.05, 3.63) is 69.8 Å². The van der Waals surface area contributed by atoms with Gasteiger partial charge in [0.2, 0.25) is 0 Å². The molecule has 4 rings (SSSR count). The first kappa shape index (κ1) is 13.1. The fourth-order valence-corrected chi connectivity index (χ4v) is 2.69. The van der Waals surface area contributed by atoms with Gasteiger partial charge in [0.15, 0.2) is 0 Å². The van der Waals surface area contributed by atoms with Crippen LogP contribution < -0.4 is 5.63 Å². The lowest BCUT2D eigenvalue weighted by molar-refractivity contribution is 0.563. The lowest BCUT2D eigenvalue weighted by atomic mass is 10.1. The monoisotopic (exact) mass is 310 g/mol. The van der Waals surface area contributed by atoms with Gasteiger partial charge in [-0.3, -0.25) is 0 Å². The maximum absolute atomic E-state index is 12.2. The van der Waals surface area contributed by atoms with Gasteiger partial charge in [0, 0.05) is 22.8 Å². The first-order valence-electron chi connectivity index (χ1n) is 6.79. The summed E-state index contributed by atoms with van der Waals surface area (Å²) >= 11 is 6.00. The molecular weight excluding hydrogens is 300 g/mol. The minimum absolute atomic E-state index is 0.407. The van der Waals surface area contributed by atoms with Crippen LogP contribution in [-0.2, 0) is 0 Å². The number of rotatable bonds is 1. The molecule has 0 N–H and O–H groups in total. The first-order valence-corrected chi connectivity index (χ1v) is 7.17. The lowest BCUT2D eigenvalue weighted by Crippen LogP contribution is -2.02. The predicted molar refractivity (Wildman–Crippen MR) is 86.4 cm³/mol. The highest BCUT2D eigenvalue weighted by atomic mass is 35.5. The Kier molecular flexibility index (Phi) is 2.81. The Morgan fingerprint density at radius 2 is 2.00 bits per heavy atom. The van der Waals surface area contributed by atoms with Gasteiger partial charge in [-0.2, -0.15) is 0 Å². The van der Waals surface area contributed by atoms with E-state index in [-0.39, 0.29) is 0 Å². The van der Waals surface area contributed by atoms with E-state index in [1.807, 2.05) is 35.9 Å². The van der Waals surface area contributed by atoms with Gasteiger partial charge in [-0.05, 0) is 42.8 Å². The number of imidazole rings is 1. The molecule has 0 aliphatic carbocycles. The number of nitrogens with zero attached hydrogens (tertiary/aromatic N) is 2. The van der Waals surface area contributed by atoms with Crippen molar-refractivity contribution in [2.75, 3.05) is 0 Å². The van der Waals surface area contributed by atoms with Crippen LogP contribution in [0.1, 0.15) is 5.56 Å². The smallest absolute Gasteiger partial charge is 0.345 e. The molecule has 0 spiro atoms. The SMILES string of the molecule is Cc1ccc2nc(-c3cc4cc(Cl)ccc4oc3=O)cn2c1. The summed E-state index contributed by atoms with van der Waals surface area (Å²) in [5.74, 6) is 0. The Bertz CT molecular complexity index is 1080. The van der Waals surface area contributed by atoms with Crippen LogP contribution in [0.5, 0.6) is 0 Å². The number of benzene rings is 1. The molecule has 0 saturated heterocycles. The Labute approximate surface area is 130 Å². The zero-order chi connectivity index (χ0) is 15.3. The summed E-state index contributed by atoms with van der Waals surface area (Å²) in [4.78, 5) is 16.7. The molecule has 0 amide bonds. The molecule has 22 heavy (non-hydrogen) atoms. The quantitative estimate of drug-likeness (QED) is 0.498. The molecule has 0 fully saturated rings. The predicted octanol–water partition coefficient (Wildman–Crippen LogP) is 4.07. The molecule has 4 aromatic rings. The van der Waals surface area contributed by atoms with Crippen LogP contribution in [0, 0.1) is 6.92 Å². The average molecular weight is 311 g/mol. The van der Waals surface area contributed by atoms with Crippen molar-refractivity contribution in [3.8, 4) is 11.3 Å². The summed E-state index contributed by atoms with van der Waals surface area (Å²) in [5, 5.41) is 1.37. The van der Waals surface area contributed by atoms with Gasteiger partial charge in [0.25, 0.3) is 0 Å². The molecule has 1 aromatic carbocycles. The van der Waals surface area contributed by atoms with Gasteiger partial charge >= 0.3 is 5.63 Å². The highest BCUT2D eigenvalue weighted by molar-refractivity contribution is 6.31. The van der Waals surface area contributed by atoms with E-state index in [0.29, 0.717) is 21.9 Å². The fourth-order valence-electron chi connectivity index (χ4n) is 2.51.